The molecular weight excluding hydrogens is 506 g/mol. The van der Waals surface area contributed by atoms with E-state index in [9.17, 15) is 14.9 Å². The number of amides is 1. The molecule has 1 amide bonds. The third-order valence-electron chi connectivity index (χ3n) is 5.17. The Morgan fingerprint density at radius 3 is 2.59 bits per heavy atom. The van der Waals surface area contributed by atoms with E-state index in [1.165, 1.54) is 6.07 Å². The maximum atomic E-state index is 12.5. The van der Waals surface area contributed by atoms with Gasteiger partial charge in [-0.1, -0.05) is 18.2 Å². The number of nitrogens with one attached hydrogen (secondary N) is 1. The van der Waals surface area contributed by atoms with Crippen molar-refractivity contribution < 1.29 is 14.5 Å². The molecule has 2 unspecified atom stereocenters. The van der Waals surface area contributed by atoms with Gasteiger partial charge in [-0.15, -0.1) is 0 Å². The zero-order chi connectivity index (χ0) is 20.7. The third kappa shape index (κ3) is 3.49. The summed E-state index contributed by atoms with van der Waals surface area (Å²) in [5.74, 6) is -0.508. The van der Waals surface area contributed by atoms with Gasteiger partial charge in [0.1, 0.15) is 5.75 Å². The fourth-order valence-corrected chi connectivity index (χ4v) is 5.40. The zero-order valence-electron chi connectivity index (χ0n) is 15.2. The number of nitrogens with zero attached hydrogens (tertiary/aromatic N) is 2. The summed E-state index contributed by atoms with van der Waals surface area (Å²) >= 11 is 7.03. The molecule has 0 saturated heterocycles. The number of nitro benzene ring substituents is 1. The average molecular weight is 521 g/mol. The number of carbonyl (C=O) groups excluding carboxylic acids is 1. The van der Waals surface area contributed by atoms with Gasteiger partial charge in [0.15, 0.2) is 0 Å². The maximum absolute atomic E-state index is 12.5. The Morgan fingerprint density at radius 2 is 1.93 bits per heavy atom. The predicted molar refractivity (Wildman–Crippen MR) is 116 cm³/mol. The molecule has 0 radical (unpaired) electrons. The minimum Gasteiger partial charge on any atom is -0.494 e. The van der Waals surface area contributed by atoms with E-state index in [4.69, 9.17) is 4.74 Å². The smallest absolute Gasteiger partial charge is 0.272 e. The molecule has 2 aromatic rings. The second-order valence-electron chi connectivity index (χ2n) is 6.76. The van der Waals surface area contributed by atoms with Gasteiger partial charge < -0.3 is 4.74 Å². The average Bonchev–Trinajstić information content (AvgIpc) is 3.08. The highest BCUT2D eigenvalue weighted by atomic mass is 79.9. The van der Waals surface area contributed by atoms with Gasteiger partial charge in [0.25, 0.3) is 5.69 Å². The molecule has 1 aliphatic carbocycles. The van der Waals surface area contributed by atoms with Crippen LogP contribution in [0, 0.1) is 16.0 Å². The number of fused-ring (bicyclic) bond motifs is 1. The Kier molecular flexibility index (Phi) is 5.26. The van der Waals surface area contributed by atoms with Crippen LogP contribution in [0.15, 0.2) is 56.5 Å². The molecule has 148 valence electrons. The van der Waals surface area contributed by atoms with E-state index in [2.05, 4.69) is 42.4 Å². The molecule has 7 nitrogen and oxygen atoms in total. The molecule has 0 fully saturated rings. The lowest BCUT2D eigenvalue weighted by Crippen LogP contribution is -2.31. The standard InChI is InChI=1S/C20H15Br2N3O4/c1-29-19-14(21)7-11(8-15(19)22)10-6-13(18-16(9-10)23-24-20(18)26)12-4-2-3-5-17(12)25(27)28/h2-5,7-9,13,18H,6H2,1H3,(H,24,26). The van der Waals surface area contributed by atoms with Crippen LogP contribution in [0.2, 0.25) is 0 Å². The van der Waals surface area contributed by atoms with E-state index < -0.39 is 16.8 Å². The van der Waals surface area contributed by atoms with Crippen molar-refractivity contribution in [1.82, 2.24) is 5.43 Å². The number of benzene rings is 2. The fraction of sp³-hybridized carbons (Fsp3) is 0.200. The summed E-state index contributed by atoms with van der Waals surface area (Å²) in [5, 5.41) is 15.7. The van der Waals surface area contributed by atoms with Gasteiger partial charge in [-0.05, 0) is 67.6 Å². The molecule has 29 heavy (non-hydrogen) atoms. The van der Waals surface area contributed by atoms with Crippen LogP contribution < -0.4 is 10.2 Å². The number of hydrazone groups is 1. The van der Waals surface area contributed by atoms with Gasteiger partial charge in [0.05, 0.1) is 32.6 Å². The molecule has 0 saturated carbocycles. The highest BCUT2D eigenvalue weighted by Gasteiger charge is 2.42. The monoisotopic (exact) mass is 519 g/mol. The van der Waals surface area contributed by atoms with Crippen LogP contribution in [0.5, 0.6) is 5.75 Å². The second kappa shape index (κ2) is 7.72. The van der Waals surface area contributed by atoms with Crippen molar-refractivity contribution in [3.63, 3.8) is 0 Å². The maximum Gasteiger partial charge on any atom is 0.272 e. The van der Waals surface area contributed by atoms with E-state index in [1.807, 2.05) is 18.2 Å². The summed E-state index contributed by atoms with van der Waals surface area (Å²) in [6, 6.07) is 10.4. The number of hydrogen-bond acceptors (Lipinski definition) is 5. The van der Waals surface area contributed by atoms with Crippen molar-refractivity contribution in [3.05, 3.63) is 72.7 Å². The number of methoxy groups -OCH3 is 1. The number of rotatable bonds is 4. The fourth-order valence-electron chi connectivity index (χ4n) is 3.89. The molecule has 9 heteroatoms. The number of hydrogen-bond donors (Lipinski definition) is 1. The Labute approximate surface area is 183 Å². The first-order valence-corrected chi connectivity index (χ1v) is 10.3. The highest BCUT2D eigenvalue weighted by Crippen LogP contribution is 2.45. The Morgan fingerprint density at radius 1 is 1.24 bits per heavy atom. The molecule has 2 aliphatic rings. The number of carbonyl (C=O) groups is 1. The van der Waals surface area contributed by atoms with Crippen LogP contribution in [0.1, 0.15) is 23.5 Å². The summed E-state index contributed by atoms with van der Waals surface area (Å²) in [7, 11) is 1.59. The lowest BCUT2D eigenvalue weighted by molar-refractivity contribution is -0.385. The number of nitro groups is 1. The van der Waals surface area contributed by atoms with Gasteiger partial charge in [-0.25, -0.2) is 5.43 Å². The predicted octanol–water partition coefficient (Wildman–Crippen LogP) is 4.80. The highest BCUT2D eigenvalue weighted by molar-refractivity contribution is 9.11. The molecule has 4 rings (SSSR count). The number of ether oxygens (including phenoxy) is 1. The van der Waals surface area contributed by atoms with Gasteiger partial charge in [0, 0.05) is 17.5 Å². The summed E-state index contributed by atoms with van der Waals surface area (Å²) in [5.41, 5.74) is 5.49. The Bertz CT molecular complexity index is 1070. The van der Waals surface area contributed by atoms with Crippen molar-refractivity contribution >= 4 is 54.7 Å². The van der Waals surface area contributed by atoms with Crippen molar-refractivity contribution in [2.45, 2.75) is 12.3 Å². The van der Waals surface area contributed by atoms with Crippen molar-refractivity contribution in [3.8, 4) is 5.75 Å². The molecule has 0 bridgehead atoms. The van der Waals surface area contributed by atoms with Crippen LogP contribution in [-0.4, -0.2) is 23.7 Å². The van der Waals surface area contributed by atoms with Crippen LogP contribution >= 0.6 is 31.9 Å². The van der Waals surface area contributed by atoms with E-state index in [-0.39, 0.29) is 11.6 Å². The van der Waals surface area contributed by atoms with Crippen molar-refractivity contribution in [2.24, 2.45) is 11.0 Å². The molecule has 1 N–H and O–H groups in total. The first kappa shape index (κ1) is 19.8. The summed E-state index contributed by atoms with van der Waals surface area (Å²) in [6.07, 6.45) is 2.35. The summed E-state index contributed by atoms with van der Waals surface area (Å²) in [4.78, 5) is 23.6. The van der Waals surface area contributed by atoms with E-state index >= 15 is 0 Å². The summed E-state index contributed by atoms with van der Waals surface area (Å²) in [6.45, 7) is 0. The van der Waals surface area contributed by atoms with Crippen LogP contribution in [0.3, 0.4) is 0 Å². The van der Waals surface area contributed by atoms with Gasteiger partial charge in [-0.3, -0.25) is 14.9 Å². The minimum absolute atomic E-state index is 0.00916. The Hall–Kier alpha value is -2.52. The number of halogens is 2. The first-order valence-electron chi connectivity index (χ1n) is 8.75. The first-order chi connectivity index (χ1) is 13.9. The van der Waals surface area contributed by atoms with Crippen molar-refractivity contribution in [2.75, 3.05) is 7.11 Å². The van der Waals surface area contributed by atoms with Crippen molar-refractivity contribution in [1.29, 1.82) is 0 Å². The largest absolute Gasteiger partial charge is 0.494 e. The molecule has 2 aromatic carbocycles. The summed E-state index contributed by atoms with van der Waals surface area (Å²) < 4.78 is 6.92. The number of para-hydroxylation sites is 1. The van der Waals surface area contributed by atoms with E-state index in [1.54, 1.807) is 25.3 Å². The van der Waals surface area contributed by atoms with E-state index in [0.717, 1.165) is 20.1 Å². The van der Waals surface area contributed by atoms with Gasteiger partial charge in [-0.2, -0.15) is 5.10 Å². The molecule has 1 heterocycles. The van der Waals surface area contributed by atoms with Crippen LogP contribution in [0.25, 0.3) is 5.57 Å². The third-order valence-corrected chi connectivity index (χ3v) is 6.34. The lowest BCUT2D eigenvalue weighted by atomic mass is 9.73. The SMILES string of the molecule is COc1c(Br)cc(C2=CC3=NNC(=O)C3C(c3ccccc3[N+](=O)[O-])C2)cc1Br. The molecule has 1 aliphatic heterocycles. The quantitative estimate of drug-likeness (QED) is 0.462. The Balaban J connectivity index is 1.83. The topological polar surface area (TPSA) is 93.8 Å². The van der Waals surface area contributed by atoms with Crippen LogP contribution in [-0.2, 0) is 4.79 Å². The normalized spacial score (nSPS) is 20.4. The van der Waals surface area contributed by atoms with E-state index in [0.29, 0.717) is 23.4 Å². The van der Waals surface area contributed by atoms with Crippen LogP contribution in [0.4, 0.5) is 5.69 Å². The molecule has 2 atom stereocenters. The zero-order valence-corrected chi connectivity index (χ0v) is 18.4. The second-order valence-corrected chi connectivity index (χ2v) is 8.47. The number of allylic oxidation sites excluding steroid dienone is 2. The lowest BCUT2D eigenvalue weighted by Gasteiger charge is -2.28. The molecular formula is C20H15Br2N3O4. The molecule has 0 spiro atoms. The van der Waals surface area contributed by atoms with Gasteiger partial charge in [0.2, 0.25) is 5.91 Å². The molecule has 0 aromatic heterocycles. The van der Waals surface area contributed by atoms with Gasteiger partial charge >= 0.3 is 0 Å². The minimum atomic E-state index is -0.551.